The van der Waals surface area contributed by atoms with E-state index in [2.05, 4.69) is 27.8 Å². The standard InChI is InChI=1S/C9H13BrN2O/c1-2-3-7-11-9-6-4-5-8(10)12(9)13/h4-6,13H,2-3,7H2,1H3. The number of unbranched alkanes of at least 4 members (excludes halogenated alkanes) is 1. The van der Waals surface area contributed by atoms with Crippen molar-refractivity contribution in [1.82, 2.24) is 4.73 Å². The fourth-order valence-corrected chi connectivity index (χ4v) is 1.27. The zero-order valence-corrected chi connectivity index (χ0v) is 9.16. The molecule has 0 fully saturated rings. The van der Waals surface area contributed by atoms with Crippen LogP contribution in [0.25, 0.3) is 0 Å². The smallest absolute Gasteiger partial charge is 0.164 e. The molecule has 4 heteroatoms. The van der Waals surface area contributed by atoms with Gasteiger partial charge in [-0.15, -0.1) is 0 Å². The molecule has 0 bridgehead atoms. The van der Waals surface area contributed by atoms with Gasteiger partial charge < -0.3 is 5.21 Å². The number of rotatable bonds is 3. The molecule has 72 valence electrons. The predicted octanol–water partition coefficient (Wildman–Crippen LogP) is 2.19. The van der Waals surface area contributed by atoms with Crippen LogP contribution in [0.2, 0.25) is 0 Å². The number of aromatic nitrogens is 1. The number of nitrogens with zero attached hydrogens (tertiary/aromatic N) is 2. The van der Waals surface area contributed by atoms with Crippen LogP contribution in [0, 0.1) is 0 Å². The summed E-state index contributed by atoms with van der Waals surface area (Å²) in [7, 11) is 0. The quantitative estimate of drug-likeness (QED) is 0.494. The molecule has 0 aliphatic carbocycles. The third-order valence-corrected chi connectivity index (χ3v) is 2.28. The molecule has 0 saturated carbocycles. The monoisotopic (exact) mass is 244 g/mol. The minimum atomic E-state index is 0.586. The summed E-state index contributed by atoms with van der Waals surface area (Å²) in [6.45, 7) is 2.87. The van der Waals surface area contributed by atoms with E-state index >= 15 is 0 Å². The Labute approximate surface area is 85.8 Å². The van der Waals surface area contributed by atoms with Crippen molar-refractivity contribution >= 4 is 15.9 Å². The van der Waals surface area contributed by atoms with Gasteiger partial charge in [0.05, 0.1) is 0 Å². The van der Waals surface area contributed by atoms with Gasteiger partial charge in [0.25, 0.3) is 0 Å². The lowest BCUT2D eigenvalue weighted by Gasteiger charge is -2.00. The highest BCUT2D eigenvalue weighted by Gasteiger charge is 1.93. The molecule has 1 heterocycles. The van der Waals surface area contributed by atoms with Gasteiger partial charge in [0.1, 0.15) is 4.60 Å². The Morgan fingerprint density at radius 2 is 2.31 bits per heavy atom. The summed E-state index contributed by atoms with van der Waals surface area (Å²) >= 11 is 3.21. The van der Waals surface area contributed by atoms with Crippen molar-refractivity contribution in [1.29, 1.82) is 0 Å². The van der Waals surface area contributed by atoms with E-state index in [0.29, 0.717) is 10.1 Å². The lowest BCUT2D eigenvalue weighted by Crippen LogP contribution is -2.19. The predicted molar refractivity (Wildman–Crippen MR) is 54.7 cm³/mol. The van der Waals surface area contributed by atoms with Crippen molar-refractivity contribution < 1.29 is 5.21 Å². The van der Waals surface area contributed by atoms with E-state index in [1.165, 1.54) is 0 Å². The van der Waals surface area contributed by atoms with Gasteiger partial charge in [-0.1, -0.05) is 19.4 Å². The van der Waals surface area contributed by atoms with Crippen LogP contribution in [0.1, 0.15) is 19.8 Å². The second-order valence-electron chi connectivity index (χ2n) is 2.75. The van der Waals surface area contributed by atoms with Crippen molar-refractivity contribution in [3.05, 3.63) is 28.3 Å². The molecule has 0 spiro atoms. The topological polar surface area (TPSA) is 37.5 Å². The van der Waals surface area contributed by atoms with Crippen molar-refractivity contribution in [2.24, 2.45) is 4.99 Å². The largest absolute Gasteiger partial charge is 0.426 e. The lowest BCUT2D eigenvalue weighted by molar-refractivity contribution is 0.164. The number of hydrogen-bond donors (Lipinski definition) is 1. The van der Waals surface area contributed by atoms with Crippen molar-refractivity contribution in [2.45, 2.75) is 19.8 Å². The maximum atomic E-state index is 9.47. The van der Waals surface area contributed by atoms with Crippen LogP contribution in [0.4, 0.5) is 0 Å². The average Bonchev–Trinajstić information content (AvgIpc) is 2.13. The molecule has 13 heavy (non-hydrogen) atoms. The Kier molecular flexibility index (Phi) is 4.02. The summed E-state index contributed by atoms with van der Waals surface area (Å²) < 4.78 is 1.65. The van der Waals surface area contributed by atoms with E-state index in [1.807, 2.05) is 6.07 Å². The van der Waals surface area contributed by atoms with Gasteiger partial charge in [0, 0.05) is 6.54 Å². The lowest BCUT2D eigenvalue weighted by atomic mass is 10.3. The van der Waals surface area contributed by atoms with Crippen LogP contribution in [-0.2, 0) is 0 Å². The minimum absolute atomic E-state index is 0.586. The molecule has 0 unspecified atom stereocenters. The zero-order chi connectivity index (χ0) is 9.68. The summed E-state index contributed by atoms with van der Waals surface area (Å²) in [5, 5.41) is 9.47. The summed E-state index contributed by atoms with van der Waals surface area (Å²) in [6.07, 6.45) is 2.16. The maximum Gasteiger partial charge on any atom is 0.164 e. The van der Waals surface area contributed by atoms with Gasteiger partial charge in [-0.2, -0.15) is 4.73 Å². The first-order chi connectivity index (χ1) is 6.25. The first-order valence-electron chi connectivity index (χ1n) is 4.33. The van der Waals surface area contributed by atoms with E-state index in [4.69, 9.17) is 0 Å². The molecular formula is C9H13BrN2O. The Morgan fingerprint density at radius 3 is 3.00 bits per heavy atom. The van der Waals surface area contributed by atoms with E-state index in [9.17, 15) is 5.21 Å². The SMILES string of the molecule is CCCCN=c1cccc(Br)n1O. The van der Waals surface area contributed by atoms with Gasteiger partial charge in [-0.05, 0) is 34.5 Å². The fraction of sp³-hybridized carbons (Fsp3) is 0.444. The van der Waals surface area contributed by atoms with Crippen molar-refractivity contribution in [3.8, 4) is 0 Å². The average molecular weight is 245 g/mol. The van der Waals surface area contributed by atoms with Crippen molar-refractivity contribution in [2.75, 3.05) is 6.54 Å². The molecule has 0 aliphatic rings. The number of halogens is 1. The molecule has 0 aliphatic heterocycles. The third kappa shape index (κ3) is 2.88. The summed E-state index contributed by atoms with van der Waals surface area (Å²) in [5.41, 5.74) is 0.586. The van der Waals surface area contributed by atoms with Crippen LogP contribution in [0.3, 0.4) is 0 Å². The van der Waals surface area contributed by atoms with Gasteiger partial charge in [0.15, 0.2) is 5.49 Å². The van der Waals surface area contributed by atoms with E-state index in [-0.39, 0.29) is 0 Å². The Balaban J connectivity index is 2.87. The van der Waals surface area contributed by atoms with Gasteiger partial charge in [-0.3, -0.25) is 4.99 Å². The van der Waals surface area contributed by atoms with Crippen molar-refractivity contribution in [3.63, 3.8) is 0 Å². The van der Waals surface area contributed by atoms with Gasteiger partial charge >= 0.3 is 0 Å². The summed E-state index contributed by atoms with van der Waals surface area (Å²) in [4.78, 5) is 4.24. The first kappa shape index (κ1) is 10.3. The van der Waals surface area contributed by atoms with Gasteiger partial charge in [-0.25, -0.2) is 0 Å². The molecule has 0 radical (unpaired) electrons. The third-order valence-electron chi connectivity index (χ3n) is 1.68. The number of pyridine rings is 1. The Bertz CT molecular complexity index is 333. The molecule has 0 atom stereocenters. The molecule has 1 rings (SSSR count). The zero-order valence-electron chi connectivity index (χ0n) is 7.57. The maximum absolute atomic E-state index is 9.47. The summed E-state index contributed by atoms with van der Waals surface area (Å²) in [5.74, 6) is 0. The van der Waals surface area contributed by atoms with E-state index < -0.39 is 0 Å². The highest BCUT2D eigenvalue weighted by Crippen LogP contribution is 2.02. The molecule has 0 aromatic carbocycles. The highest BCUT2D eigenvalue weighted by molar-refractivity contribution is 9.10. The minimum Gasteiger partial charge on any atom is -0.426 e. The summed E-state index contributed by atoms with van der Waals surface area (Å²) in [6, 6.07) is 5.39. The Hall–Kier alpha value is -0.770. The normalized spacial score (nSPS) is 12.0. The first-order valence-corrected chi connectivity index (χ1v) is 5.12. The molecule has 1 aromatic heterocycles. The second-order valence-corrected chi connectivity index (χ2v) is 3.57. The van der Waals surface area contributed by atoms with Crippen LogP contribution < -0.4 is 5.49 Å². The molecule has 0 amide bonds. The van der Waals surface area contributed by atoms with E-state index in [0.717, 1.165) is 24.1 Å². The molecular weight excluding hydrogens is 232 g/mol. The van der Waals surface area contributed by atoms with Crippen LogP contribution in [0.15, 0.2) is 27.8 Å². The van der Waals surface area contributed by atoms with Crippen LogP contribution in [-0.4, -0.2) is 16.5 Å². The number of hydrogen-bond acceptors (Lipinski definition) is 2. The van der Waals surface area contributed by atoms with E-state index in [1.54, 1.807) is 12.1 Å². The molecule has 1 N–H and O–H groups in total. The molecule has 0 saturated heterocycles. The Morgan fingerprint density at radius 1 is 1.54 bits per heavy atom. The fourth-order valence-electron chi connectivity index (χ4n) is 0.936. The van der Waals surface area contributed by atoms with Gasteiger partial charge in [0.2, 0.25) is 0 Å². The highest BCUT2D eigenvalue weighted by atomic mass is 79.9. The molecule has 1 aromatic rings. The second kappa shape index (κ2) is 5.07. The van der Waals surface area contributed by atoms with Crippen LogP contribution in [0.5, 0.6) is 0 Å². The molecule has 3 nitrogen and oxygen atoms in total. The van der Waals surface area contributed by atoms with Crippen LogP contribution >= 0.6 is 15.9 Å².